The number of hydrogen-bond donors (Lipinski definition) is 1. The Hall–Kier alpha value is -0.0400. The van der Waals surface area contributed by atoms with Gasteiger partial charge in [0, 0.05) is 6.04 Å². The van der Waals surface area contributed by atoms with Gasteiger partial charge in [-0.1, -0.05) is 13.8 Å². The molecule has 1 saturated carbocycles. The van der Waals surface area contributed by atoms with E-state index in [9.17, 15) is 0 Å². The normalized spacial score (nSPS) is 35.3. The van der Waals surface area contributed by atoms with Crippen LogP contribution >= 0.6 is 0 Å². The summed E-state index contributed by atoms with van der Waals surface area (Å²) in [5.41, 5.74) is 0. The predicted molar refractivity (Wildman–Crippen MR) is 40.5 cm³/mol. The summed E-state index contributed by atoms with van der Waals surface area (Å²) in [7, 11) is 0. The van der Waals surface area contributed by atoms with Crippen LogP contribution in [-0.4, -0.2) is 12.6 Å². The van der Waals surface area contributed by atoms with E-state index < -0.39 is 0 Å². The van der Waals surface area contributed by atoms with Crippen molar-refractivity contribution in [1.82, 2.24) is 5.32 Å². The van der Waals surface area contributed by atoms with Gasteiger partial charge in [0.15, 0.2) is 0 Å². The molecule has 0 aromatic heterocycles. The van der Waals surface area contributed by atoms with Crippen molar-refractivity contribution in [1.29, 1.82) is 0 Å². The Balaban J connectivity index is 2.14. The highest BCUT2D eigenvalue weighted by atomic mass is 14.9. The van der Waals surface area contributed by atoms with Crippen molar-refractivity contribution in [3.8, 4) is 0 Å². The smallest absolute Gasteiger partial charge is 0.00695 e. The van der Waals surface area contributed by atoms with Gasteiger partial charge < -0.3 is 5.32 Å². The lowest BCUT2D eigenvalue weighted by molar-refractivity contribution is 0.517. The number of hydrogen-bond acceptors (Lipinski definition) is 1. The fourth-order valence-electron chi connectivity index (χ4n) is 1.68. The standard InChI is InChI=1S/C8H17N/c1-3-9-8-5-4-7(2)6-8/h7-9H,3-6H2,1-2H3. The van der Waals surface area contributed by atoms with E-state index in [1.54, 1.807) is 0 Å². The molecule has 1 rings (SSSR count). The average Bonchev–Trinajstić information content (AvgIpc) is 2.17. The number of nitrogens with one attached hydrogen (secondary N) is 1. The van der Waals surface area contributed by atoms with Crippen molar-refractivity contribution in [3.05, 3.63) is 0 Å². The largest absolute Gasteiger partial charge is 0.314 e. The Labute approximate surface area is 57.8 Å². The molecule has 0 spiro atoms. The van der Waals surface area contributed by atoms with Crippen LogP contribution < -0.4 is 5.32 Å². The zero-order valence-corrected chi connectivity index (χ0v) is 6.48. The summed E-state index contributed by atoms with van der Waals surface area (Å²) in [4.78, 5) is 0. The summed E-state index contributed by atoms with van der Waals surface area (Å²) >= 11 is 0. The van der Waals surface area contributed by atoms with E-state index in [1.807, 2.05) is 0 Å². The summed E-state index contributed by atoms with van der Waals surface area (Å²) in [6.07, 6.45) is 4.22. The predicted octanol–water partition coefficient (Wildman–Crippen LogP) is 1.78. The Morgan fingerprint density at radius 2 is 2.22 bits per heavy atom. The third-order valence-corrected chi connectivity index (χ3v) is 2.19. The first-order valence-corrected chi connectivity index (χ1v) is 4.06. The van der Waals surface area contributed by atoms with Gasteiger partial charge in [0.1, 0.15) is 0 Å². The third kappa shape index (κ3) is 1.98. The zero-order chi connectivity index (χ0) is 6.69. The highest BCUT2D eigenvalue weighted by Gasteiger charge is 2.19. The molecule has 0 amide bonds. The van der Waals surface area contributed by atoms with Crippen LogP contribution in [-0.2, 0) is 0 Å². The summed E-state index contributed by atoms with van der Waals surface area (Å²) in [5, 5.41) is 3.47. The van der Waals surface area contributed by atoms with Gasteiger partial charge in [-0.25, -0.2) is 0 Å². The van der Waals surface area contributed by atoms with Crippen LogP contribution in [0.25, 0.3) is 0 Å². The maximum Gasteiger partial charge on any atom is 0.00695 e. The van der Waals surface area contributed by atoms with Gasteiger partial charge in [0.25, 0.3) is 0 Å². The van der Waals surface area contributed by atoms with Gasteiger partial charge in [0.05, 0.1) is 0 Å². The first kappa shape index (κ1) is 7.07. The van der Waals surface area contributed by atoms with E-state index in [2.05, 4.69) is 19.2 Å². The molecule has 0 bridgehead atoms. The Morgan fingerprint density at radius 1 is 1.44 bits per heavy atom. The lowest BCUT2D eigenvalue weighted by Crippen LogP contribution is -2.25. The zero-order valence-electron chi connectivity index (χ0n) is 6.48. The van der Waals surface area contributed by atoms with E-state index in [0.717, 1.165) is 18.5 Å². The molecule has 0 aromatic rings. The Kier molecular flexibility index (Phi) is 2.52. The molecule has 0 aromatic carbocycles. The van der Waals surface area contributed by atoms with Gasteiger partial charge in [0.2, 0.25) is 0 Å². The van der Waals surface area contributed by atoms with E-state index >= 15 is 0 Å². The van der Waals surface area contributed by atoms with E-state index in [0.29, 0.717) is 0 Å². The molecular formula is C8H17N. The fourth-order valence-corrected chi connectivity index (χ4v) is 1.68. The quantitative estimate of drug-likeness (QED) is 0.596. The molecule has 0 saturated heterocycles. The second kappa shape index (κ2) is 3.21. The van der Waals surface area contributed by atoms with Crippen molar-refractivity contribution in [2.45, 2.75) is 39.2 Å². The molecule has 2 unspecified atom stereocenters. The molecule has 1 fully saturated rings. The topological polar surface area (TPSA) is 12.0 Å². The van der Waals surface area contributed by atoms with Crippen molar-refractivity contribution in [2.75, 3.05) is 6.54 Å². The Morgan fingerprint density at radius 3 is 2.67 bits per heavy atom. The number of rotatable bonds is 2. The van der Waals surface area contributed by atoms with Crippen LogP contribution in [0.15, 0.2) is 0 Å². The van der Waals surface area contributed by atoms with Crippen LogP contribution in [0.3, 0.4) is 0 Å². The first-order valence-electron chi connectivity index (χ1n) is 4.06. The minimum atomic E-state index is 0.838. The lowest BCUT2D eigenvalue weighted by Gasteiger charge is -2.08. The van der Waals surface area contributed by atoms with E-state index in [1.165, 1.54) is 19.3 Å². The summed E-state index contributed by atoms with van der Waals surface area (Å²) in [5.74, 6) is 0.967. The summed E-state index contributed by atoms with van der Waals surface area (Å²) < 4.78 is 0. The highest BCUT2D eigenvalue weighted by molar-refractivity contribution is 4.77. The molecule has 1 N–H and O–H groups in total. The van der Waals surface area contributed by atoms with Crippen LogP contribution in [0.2, 0.25) is 0 Å². The van der Waals surface area contributed by atoms with E-state index in [-0.39, 0.29) is 0 Å². The molecular weight excluding hydrogens is 110 g/mol. The van der Waals surface area contributed by atoms with Crippen LogP contribution in [0.1, 0.15) is 33.1 Å². The van der Waals surface area contributed by atoms with Crippen molar-refractivity contribution < 1.29 is 0 Å². The minimum Gasteiger partial charge on any atom is -0.314 e. The minimum absolute atomic E-state index is 0.838. The summed E-state index contributed by atoms with van der Waals surface area (Å²) in [6, 6.07) is 0.838. The molecule has 2 atom stereocenters. The molecule has 1 nitrogen and oxygen atoms in total. The molecule has 1 aliphatic rings. The highest BCUT2D eigenvalue weighted by Crippen LogP contribution is 2.24. The van der Waals surface area contributed by atoms with Gasteiger partial charge in [-0.2, -0.15) is 0 Å². The van der Waals surface area contributed by atoms with E-state index in [4.69, 9.17) is 0 Å². The van der Waals surface area contributed by atoms with Crippen molar-refractivity contribution >= 4 is 0 Å². The second-order valence-electron chi connectivity index (χ2n) is 3.17. The molecule has 0 radical (unpaired) electrons. The van der Waals surface area contributed by atoms with Crippen LogP contribution in [0, 0.1) is 5.92 Å². The fraction of sp³-hybridized carbons (Fsp3) is 1.00. The maximum absolute atomic E-state index is 3.47. The maximum atomic E-state index is 3.47. The Bertz CT molecular complexity index is 78.6. The van der Waals surface area contributed by atoms with Crippen molar-refractivity contribution in [2.24, 2.45) is 5.92 Å². The molecule has 1 aliphatic carbocycles. The van der Waals surface area contributed by atoms with Gasteiger partial charge in [-0.3, -0.25) is 0 Å². The monoisotopic (exact) mass is 127 g/mol. The third-order valence-electron chi connectivity index (χ3n) is 2.19. The molecule has 0 aliphatic heterocycles. The molecule has 0 heterocycles. The molecule has 54 valence electrons. The van der Waals surface area contributed by atoms with Crippen molar-refractivity contribution in [3.63, 3.8) is 0 Å². The molecule has 1 heteroatoms. The van der Waals surface area contributed by atoms with Gasteiger partial charge in [-0.15, -0.1) is 0 Å². The van der Waals surface area contributed by atoms with Gasteiger partial charge >= 0.3 is 0 Å². The van der Waals surface area contributed by atoms with Crippen LogP contribution in [0.4, 0.5) is 0 Å². The second-order valence-corrected chi connectivity index (χ2v) is 3.17. The van der Waals surface area contributed by atoms with Crippen LogP contribution in [0.5, 0.6) is 0 Å². The van der Waals surface area contributed by atoms with Gasteiger partial charge in [-0.05, 0) is 31.7 Å². The first-order chi connectivity index (χ1) is 4.33. The summed E-state index contributed by atoms with van der Waals surface area (Å²) in [6.45, 7) is 5.66. The molecule has 9 heavy (non-hydrogen) atoms. The SMILES string of the molecule is CCNC1CCC(C)C1. The lowest BCUT2D eigenvalue weighted by atomic mass is 10.1. The average molecular weight is 127 g/mol.